The summed E-state index contributed by atoms with van der Waals surface area (Å²) in [4.78, 5) is 28.0. The number of anilines is 1. The summed E-state index contributed by atoms with van der Waals surface area (Å²) in [6.45, 7) is 1.01. The summed E-state index contributed by atoms with van der Waals surface area (Å²) < 4.78 is 11.8. The van der Waals surface area contributed by atoms with Crippen molar-refractivity contribution < 1.29 is 19.1 Å². The lowest BCUT2D eigenvalue weighted by molar-refractivity contribution is 0.0895. The molecule has 0 saturated carbocycles. The van der Waals surface area contributed by atoms with Gasteiger partial charge in [-0.2, -0.15) is 0 Å². The molecule has 1 aliphatic rings. The van der Waals surface area contributed by atoms with Crippen LogP contribution >= 0.6 is 15.9 Å². The number of amides is 2. The molecule has 1 fully saturated rings. The Bertz CT molecular complexity index is 1020. The van der Waals surface area contributed by atoms with Crippen LogP contribution in [0.2, 0.25) is 0 Å². The van der Waals surface area contributed by atoms with Gasteiger partial charge in [-0.15, -0.1) is 0 Å². The third-order valence-electron chi connectivity index (χ3n) is 4.44. The Hall–Kier alpha value is -2.96. The van der Waals surface area contributed by atoms with Gasteiger partial charge in [0.25, 0.3) is 11.8 Å². The van der Waals surface area contributed by atoms with Crippen molar-refractivity contribution in [3.8, 4) is 5.75 Å². The second-order valence-electron chi connectivity index (χ2n) is 6.55. The van der Waals surface area contributed by atoms with Crippen molar-refractivity contribution in [3.05, 3.63) is 94.5 Å². The molecule has 3 aromatic rings. The number of epoxide rings is 1. The zero-order chi connectivity index (χ0) is 20.2. The molecule has 2 amide bonds. The highest BCUT2D eigenvalue weighted by Gasteiger charge is 2.29. The summed E-state index contributed by atoms with van der Waals surface area (Å²) in [5.41, 5.74) is 1.23. The van der Waals surface area contributed by atoms with Crippen LogP contribution in [0.3, 0.4) is 0 Å². The molecular weight excluding hydrogens is 434 g/mol. The fourth-order valence-electron chi connectivity index (χ4n) is 2.87. The summed E-state index contributed by atoms with van der Waals surface area (Å²) in [7, 11) is 0. The fraction of sp³-hybridized carbons (Fsp3) is 0.130. The van der Waals surface area contributed by atoms with E-state index in [-0.39, 0.29) is 6.10 Å². The van der Waals surface area contributed by atoms with E-state index in [0.717, 1.165) is 4.47 Å². The summed E-state index contributed by atoms with van der Waals surface area (Å²) in [5.74, 6) is -0.452. The van der Waals surface area contributed by atoms with Gasteiger partial charge in [-0.25, -0.2) is 4.90 Å². The van der Waals surface area contributed by atoms with Crippen molar-refractivity contribution in [2.24, 2.45) is 0 Å². The number of halogens is 1. The molecule has 146 valence electrons. The van der Waals surface area contributed by atoms with Crippen molar-refractivity contribution in [1.82, 2.24) is 0 Å². The molecule has 0 bridgehead atoms. The molecule has 3 aromatic carbocycles. The normalized spacial score (nSPS) is 14.9. The van der Waals surface area contributed by atoms with Gasteiger partial charge in [0.2, 0.25) is 0 Å². The highest BCUT2D eigenvalue weighted by molar-refractivity contribution is 9.10. The van der Waals surface area contributed by atoms with Crippen LogP contribution in [-0.2, 0) is 4.74 Å². The molecule has 1 saturated heterocycles. The number of rotatable bonds is 6. The lowest BCUT2D eigenvalue weighted by atomic mass is 10.1. The van der Waals surface area contributed by atoms with Crippen molar-refractivity contribution in [1.29, 1.82) is 0 Å². The van der Waals surface area contributed by atoms with Gasteiger partial charge in [-0.05, 0) is 42.5 Å². The topological polar surface area (TPSA) is 59.1 Å². The minimum atomic E-state index is -0.454. The number of hydrogen-bond acceptors (Lipinski definition) is 4. The predicted octanol–water partition coefficient (Wildman–Crippen LogP) is 4.71. The highest BCUT2D eigenvalue weighted by atomic mass is 79.9. The van der Waals surface area contributed by atoms with Crippen LogP contribution in [0.1, 0.15) is 20.7 Å². The molecule has 5 nitrogen and oxygen atoms in total. The van der Waals surface area contributed by atoms with Crippen LogP contribution in [0, 0.1) is 0 Å². The van der Waals surface area contributed by atoms with Gasteiger partial charge in [0.15, 0.2) is 0 Å². The molecule has 1 heterocycles. The van der Waals surface area contributed by atoms with Gasteiger partial charge in [0.1, 0.15) is 18.5 Å². The monoisotopic (exact) mass is 451 g/mol. The third-order valence-corrected chi connectivity index (χ3v) is 4.94. The first kappa shape index (κ1) is 19.4. The second-order valence-corrected chi connectivity index (χ2v) is 7.47. The van der Waals surface area contributed by atoms with Gasteiger partial charge in [0.05, 0.1) is 17.9 Å². The largest absolute Gasteiger partial charge is 0.490 e. The van der Waals surface area contributed by atoms with Crippen LogP contribution < -0.4 is 9.64 Å². The first-order valence-electron chi connectivity index (χ1n) is 9.16. The second kappa shape index (κ2) is 8.59. The van der Waals surface area contributed by atoms with E-state index in [1.165, 1.54) is 4.90 Å². The lowest BCUT2D eigenvalue weighted by Gasteiger charge is -2.22. The van der Waals surface area contributed by atoms with Crippen LogP contribution in [-0.4, -0.2) is 31.1 Å². The van der Waals surface area contributed by atoms with Gasteiger partial charge in [0, 0.05) is 10.0 Å². The van der Waals surface area contributed by atoms with Crippen molar-refractivity contribution in [2.45, 2.75) is 6.10 Å². The van der Waals surface area contributed by atoms with E-state index in [0.29, 0.717) is 35.8 Å². The minimum absolute atomic E-state index is 0.0492. The number of carbonyl (C=O) groups excluding carboxylic acids is 2. The number of para-hydroxylation sites is 1. The maximum Gasteiger partial charge on any atom is 0.269 e. The van der Waals surface area contributed by atoms with E-state index in [2.05, 4.69) is 15.9 Å². The van der Waals surface area contributed by atoms with E-state index in [4.69, 9.17) is 9.47 Å². The first-order chi connectivity index (χ1) is 14.1. The van der Waals surface area contributed by atoms with Gasteiger partial charge in [-0.1, -0.05) is 52.3 Å². The molecule has 29 heavy (non-hydrogen) atoms. The summed E-state index contributed by atoms with van der Waals surface area (Å²) in [6.07, 6.45) is 0.0492. The Morgan fingerprint density at radius 2 is 1.62 bits per heavy atom. The Kier molecular flexibility index (Phi) is 5.74. The van der Waals surface area contributed by atoms with E-state index in [1.807, 2.05) is 12.1 Å². The Labute approximate surface area is 177 Å². The molecule has 1 aliphatic heterocycles. The molecule has 0 aromatic heterocycles. The fourth-order valence-corrected chi connectivity index (χ4v) is 3.21. The minimum Gasteiger partial charge on any atom is -0.490 e. The molecule has 1 unspecified atom stereocenters. The molecule has 6 heteroatoms. The molecule has 4 rings (SSSR count). The highest BCUT2D eigenvalue weighted by Crippen LogP contribution is 2.29. The summed E-state index contributed by atoms with van der Waals surface area (Å²) >= 11 is 3.41. The number of nitrogens with zero attached hydrogens (tertiary/aromatic N) is 1. The number of ether oxygens (including phenoxy) is 2. The summed E-state index contributed by atoms with van der Waals surface area (Å²) in [6, 6.07) is 22.8. The van der Waals surface area contributed by atoms with Crippen LogP contribution in [0.25, 0.3) is 0 Å². The van der Waals surface area contributed by atoms with Crippen molar-refractivity contribution in [3.63, 3.8) is 0 Å². The van der Waals surface area contributed by atoms with Gasteiger partial charge < -0.3 is 9.47 Å². The third kappa shape index (κ3) is 4.55. The van der Waals surface area contributed by atoms with E-state index < -0.39 is 11.8 Å². The molecule has 0 radical (unpaired) electrons. The smallest absolute Gasteiger partial charge is 0.269 e. The molecule has 1 atom stereocenters. The molecule has 0 N–H and O–H groups in total. The van der Waals surface area contributed by atoms with Crippen molar-refractivity contribution >= 4 is 33.4 Å². The van der Waals surface area contributed by atoms with E-state index in [9.17, 15) is 9.59 Å². The van der Waals surface area contributed by atoms with Gasteiger partial charge >= 0.3 is 0 Å². The number of benzene rings is 3. The quantitative estimate of drug-likeness (QED) is 0.402. The zero-order valence-electron chi connectivity index (χ0n) is 15.5. The average molecular weight is 452 g/mol. The standard InChI is InChI=1S/C23H18BrNO4/c24-17-11-12-20(21(13-17)29-15-19-14-28-19)23(27)25(18-9-5-2-6-10-18)22(26)16-7-3-1-4-8-16/h1-13,19H,14-15H2. The van der Waals surface area contributed by atoms with Crippen LogP contribution in [0.5, 0.6) is 5.75 Å². The molecule has 0 aliphatic carbocycles. The maximum absolute atomic E-state index is 13.5. The zero-order valence-corrected chi connectivity index (χ0v) is 17.0. The SMILES string of the molecule is O=C(c1ccccc1)N(C(=O)c1ccc(Br)cc1OCC1CO1)c1ccccc1. The maximum atomic E-state index is 13.5. The number of imide groups is 1. The first-order valence-corrected chi connectivity index (χ1v) is 9.95. The van der Waals surface area contributed by atoms with Crippen molar-refractivity contribution in [2.75, 3.05) is 18.1 Å². The Balaban J connectivity index is 1.73. The van der Waals surface area contributed by atoms with Crippen LogP contribution in [0.4, 0.5) is 5.69 Å². The van der Waals surface area contributed by atoms with Crippen LogP contribution in [0.15, 0.2) is 83.3 Å². The van der Waals surface area contributed by atoms with E-state index in [1.54, 1.807) is 66.7 Å². The lowest BCUT2D eigenvalue weighted by Crippen LogP contribution is -2.37. The van der Waals surface area contributed by atoms with E-state index >= 15 is 0 Å². The Morgan fingerprint density at radius 1 is 0.966 bits per heavy atom. The molecular formula is C23H18BrNO4. The Morgan fingerprint density at radius 3 is 2.28 bits per heavy atom. The summed E-state index contributed by atoms with van der Waals surface area (Å²) in [5, 5.41) is 0. The van der Waals surface area contributed by atoms with Gasteiger partial charge in [-0.3, -0.25) is 9.59 Å². The number of carbonyl (C=O) groups is 2. The average Bonchev–Trinajstić information content (AvgIpc) is 3.58. The number of hydrogen-bond donors (Lipinski definition) is 0. The predicted molar refractivity (Wildman–Crippen MR) is 113 cm³/mol. The molecule has 0 spiro atoms.